The van der Waals surface area contributed by atoms with Gasteiger partial charge in [0.2, 0.25) is 0 Å². The first kappa shape index (κ1) is 22.6. The van der Waals surface area contributed by atoms with E-state index in [1.54, 1.807) is 12.1 Å². The van der Waals surface area contributed by atoms with Crippen molar-refractivity contribution in [1.29, 1.82) is 0 Å². The molecule has 0 aliphatic carbocycles. The molecular formula is C25H23NO6. The fraction of sp³-hybridized carbons (Fsp3) is 0.160. The highest BCUT2D eigenvalue weighted by Crippen LogP contribution is 2.31. The maximum atomic E-state index is 12.1. The van der Waals surface area contributed by atoms with Crippen molar-refractivity contribution in [1.82, 2.24) is 0 Å². The summed E-state index contributed by atoms with van der Waals surface area (Å²) in [5, 5.41) is 8.72. The Hall–Kier alpha value is -4.13. The van der Waals surface area contributed by atoms with Crippen LogP contribution < -0.4 is 15.2 Å². The lowest BCUT2D eigenvalue weighted by molar-refractivity contribution is -0.137. The zero-order valence-corrected chi connectivity index (χ0v) is 17.3. The Kier molecular flexibility index (Phi) is 7.59. The van der Waals surface area contributed by atoms with Crippen molar-refractivity contribution < 1.29 is 29.0 Å². The van der Waals surface area contributed by atoms with Crippen LogP contribution in [0, 0.1) is 0 Å². The van der Waals surface area contributed by atoms with E-state index in [0.717, 1.165) is 11.1 Å². The third kappa shape index (κ3) is 6.18. The number of hydrogen-bond donors (Lipinski definition) is 2. The normalized spacial score (nSPS) is 10.4. The fourth-order valence-corrected chi connectivity index (χ4v) is 3.07. The first-order chi connectivity index (χ1) is 15.4. The summed E-state index contributed by atoms with van der Waals surface area (Å²) in [7, 11) is 0. The number of primary amides is 1. The number of Topliss-reactive ketones (excluding diaryl/α,β-unsaturated/α-hetero) is 1. The molecule has 0 atom stereocenters. The van der Waals surface area contributed by atoms with Crippen molar-refractivity contribution in [2.75, 3.05) is 6.61 Å². The average Bonchev–Trinajstić information content (AvgIpc) is 2.79. The first-order valence-electron chi connectivity index (χ1n) is 10.1. The Balaban J connectivity index is 1.79. The lowest BCUT2D eigenvalue weighted by Crippen LogP contribution is -2.23. The van der Waals surface area contributed by atoms with Gasteiger partial charge in [-0.05, 0) is 48.2 Å². The molecule has 0 heterocycles. The molecule has 0 bridgehead atoms. The van der Waals surface area contributed by atoms with Gasteiger partial charge in [-0.2, -0.15) is 0 Å². The number of ether oxygens (including phenoxy) is 2. The number of benzene rings is 3. The number of rotatable bonds is 11. The number of carbonyl (C=O) groups excluding carboxylic acids is 2. The van der Waals surface area contributed by atoms with Crippen molar-refractivity contribution in [2.45, 2.75) is 19.3 Å². The van der Waals surface area contributed by atoms with E-state index in [0.29, 0.717) is 24.3 Å². The van der Waals surface area contributed by atoms with Gasteiger partial charge in [0.05, 0.1) is 12.2 Å². The molecule has 0 saturated heterocycles. The second kappa shape index (κ2) is 10.8. The van der Waals surface area contributed by atoms with E-state index >= 15 is 0 Å². The van der Waals surface area contributed by atoms with Gasteiger partial charge < -0.3 is 20.3 Å². The van der Waals surface area contributed by atoms with Crippen molar-refractivity contribution >= 4 is 17.7 Å². The Morgan fingerprint density at radius 3 is 2.25 bits per heavy atom. The summed E-state index contributed by atoms with van der Waals surface area (Å²) in [6.45, 7) is 0.180. The standard InChI is InChI=1S/C25H23NO6/c26-25(30)24(29)21-13-12-20(16-22(21)31-14-5-4-11-23(27)28)32-19-10-6-9-18(15-19)17-7-2-1-3-8-17/h1-3,6-10,12-13,15-16H,4-5,11,14H2,(H2,26,30)(H,27,28). The third-order valence-corrected chi connectivity index (χ3v) is 4.64. The monoisotopic (exact) mass is 433 g/mol. The molecule has 0 aromatic heterocycles. The minimum atomic E-state index is -1.09. The number of aliphatic carboxylic acids is 1. The van der Waals surface area contributed by atoms with Crippen LogP contribution in [0.4, 0.5) is 0 Å². The summed E-state index contributed by atoms with van der Waals surface area (Å²) in [5.74, 6) is -1.69. The maximum Gasteiger partial charge on any atom is 0.303 e. The average molecular weight is 433 g/mol. The number of carboxylic acid groups (broad SMARTS) is 1. The lowest BCUT2D eigenvalue weighted by atomic mass is 10.1. The second-order valence-electron chi connectivity index (χ2n) is 7.05. The van der Waals surface area contributed by atoms with Crippen LogP contribution in [-0.4, -0.2) is 29.4 Å². The van der Waals surface area contributed by atoms with E-state index in [1.165, 1.54) is 12.1 Å². The molecule has 0 fully saturated rings. The van der Waals surface area contributed by atoms with Gasteiger partial charge in [0, 0.05) is 12.5 Å². The number of carboxylic acids is 1. The van der Waals surface area contributed by atoms with Gasteiger partial charge in [-0.1, -0.05) is 42.5 Å². The molecule has 0 aliphatic rings. The van der Waals surface area contributed by atoms with E-state index < -0.39 is 17.7 Å². The van der Waals surface area contributed by atoms with Gasteiger partial charge in [0.15, 0.2) is 0 Å². The summed E-state index contributed by atoms with van der Waals surface area (Å²) in [4.78, 5) is 34.1. The molecule has 0 saturated carbocycles. The van der Waals surface area contributed by atoms with Gasteiger partial charge in [-0.15, -0.1) is 0 Å². The largest absolute Gasteiger partial charge is 0.493 e. The zero-order valence-electron chi connectivity index (χ0n) is 17.3. The van der Waals surface area contributed by atoms with Crippen LogP contribution >= 0.6 is 0 Å². The summed E-state index contributed by atoms with van der Waals surface area (Å²) >= 11 is 0. The predicted molar refractivity (Wildman–Crippen MR) is 119 cm³/mol. The summed E-state index contributed by atoms with van der Waals surface area (Å²) in [6, 6.07) is 21.9. The van der Waals surface area contributed by atoms with Crippen LogP contribution in [0.3, 0.4) is 0 Å². The van der Waals surface area contributed by atoms with E-state index in [4.69, 9.17) is 20.3 Å². The smallest absolute Gasteiger partial charge is 0.303 e. The number of amides is 1. The van der Waals surface area contributed by atoms with Crippen LogP contribution in [0.25, 0.3) is 11.1 Å². The molecule has 7 nitrogen and oxygen atoms in total. The van der Waals surface area contributed by atoms with Gasteiger partial charge in [-0.3, -0.25) is 14.4 Å². The molecule has 3 aromatic carbocycles. The SMILES string of the molecule is NC(=O)C(=O)c1ccc(Oc2cccc(-c3ccccc3)c2)cc1OCCCCC(=O)O. The van der Waals surface area contributed by atoms with Crippen molar-refractivity contribution in [3.05, 3.63) is 78.4 Å². The van der Waals surface area contributed by atoms with Crippen molar-refractivity contribution in [2.24, 2.45) is 5.73 Å². The molecular weight excluding hydrogens is 410 g/mol. The van der Waals surface area contributed by atoms with Crippen molar-refractivity contribution in [3.63, 3.8) is 0 Å². The predicted octanol–water partition coefficient (Wildman–Crippen LogP) is 4.45. The van der Waals surface area contributed by atoms with Crippen molar-refractivity contribution in [3.8, 4) is 28.4 Å². The molecule has 7 heteroatoms. The third-order valence-electron chi connectivity index (χ3n) is 4.64. The van der Waals surface area contributed by atoms with E-state index in [2.05, 4.69) is 0 Å². The van der Waals surface area contributed by atoms with Gasteiger partial charge in [0.25, 0.3) is 11.7 Å². The highest BCUT2D eigenvalue weighted by Gasteiger charge is 2.19. The van der Waals surface area contributed by atoms with Crippen LogP contribution in [0.1, 0.15) is 29.6 Å². The molecule has 3 rings (SSSR count). The van der Waals surface area contributed by atoms with Gasteiger partial charge in [-0.25, -0.2) is 0 Å². The minimum Gasteiger partial charge on any atom is -0.493 e. The maximum absolute atomic E-state index is 12.1. The van der Waals surface area contributed by atoms with Crippen LogP contribution in [0.5, 0.6) is 17.2 Å². The Morgan fingerprint density at radius 1 is 0.812 bits per heavy atom. The van der Waals surface area contributed by atoms with Gasteiger partial charge >= 0.3 is 5.97 Å². The molecule has 0 radical (unpaired) electrons. The van der Waals surface area contributed by atoms with E-state index in [-0.39, 0.29) is 24.3 Å². The summed E-state index contributed by atoms with van der Waals surface area (Å²) < 4.78 is 11.6. The summed E-state index contributed by atoms with van der Waals surface area (Å²) in [6.07, 6.45) is 0.926. The van der Waals surface area contributed by atoms with Crippen LogP contribution in [0.15, 0.2) is 72.8 Å². The minimum absolute atomic E-state index is 0.0251. The topological polar surface area (TPSA) is 116 Å². The first-order valence-corrected chi connectivity index (χ1v) is 10.1. The molecule has 32 heavy (non-hydrogen) atoms. The number of hydrogen-bond acceptors (Lipinski definition) is 5. The Morgan fingerprint density at radius 2 is 1.53 bits per heavy atom. The van der Waals surface area contributed by atoms with Crippen LogP contribution in [-0.2, 0) is 9.59 Å². The van der Waals surface area contributed by atoms with E-state index in [1.807, 2.05) is 48.5 Å². The highest BCUT2D eigenvalue weighted by atomic mass is 16.5. The highest BCUT2D eigenvalue weighted by molar-refractivity contribution is 6.42. The Bertz CT molecular complexity index is 1110. The molecule has 0 spiro atoms. The van der Waals surface area contributed by atoms with Crippen LogP contribution in [0.2, 0.25) is 0 Å². The number of ketones is 1. The van der Waals surface area contributed by atoms with Gasteiger partial charge in [0.1, 0.15) is 17.2 Å². The number of unbranched alkanes of at least 4 members (excludes halogenated alkanes) is 1. The molecule has 0 unspecified atom stereocenters. The van der Waals surface area contributed by atoms with E-state index in [9.17, 15) is 14.4 Å². The fourth-order valence-electron chi connectivity index (χ4n) is 3.07. The molecule has 164 valence electrons. The summed E-state index contributed by atoms with van der Waals surface area (Å²) in [5.41, 5.74) is 7.20. The molecule has 3 N–H and O–H groups in total. The molecule has 3 aromatic rings. The second-order valence-corrected chi connectivity index (χ2v) is 7.05. The lowest BCUT2D eigenvalue weighted by Gasteiger charge is -2.13. The number of nitrogens with two attached hydrogens (primary N) is 1. The zero-order chi connectivity index (χ0) is 22.9. The number of carbonyl (C=O) groups is 3. The Labute approximate surface area is 185 Å². The quantitative estimate of drug-likeness (QED) is 0.262. The molecule has 1 amide bonds. The molecule has 0 aliphatic heterocycles.